The molecule has 18 heavy (non-hydrogen) atoms. The first-order valence-corrected chi connectivity index (χ1v) is 6.57. The third-order valence-electron chi connectivity index (χ3n) is 3.13. The Bertz CT molecular complexity index is 343. The van der Waals surface area contributed by atoms with Crippen LogP contribution in [0.5, 0.6) is 5.75 Å². The van der Waals surface area contributed by atoms with Gasteiger partial charge in [0.2, 0.25) is 0 Å². The second-order valence-electron chi connectivity index (χ2n) is 4.76. The van der Waals surface area contributed by atoms with Gasteiger partial charge in [0.15, 0.2) is 0 Å². The maximum atomic E-state index is 6.03. The van der Waals surface area contributed by atoms with Gasteiger partial charge in [-0.15, -0.1) is 12.4 Å². The van der Waals surface area contributed by atoms with Crippen molar-refractivity contribution in [2.75, 3.05) is 6.61 Å². The van der Waals surface area contributed by atoms with Crippen LogP contribution < -0.4 is 10.5 Å². The summed E-state index contributed by atoms with van der Waals surface area (Å²) >= 11 is 0. The van der Waals surface area contributed by atoms with Crippen molar-refractivity contribution in [3.63, 3.8) is 0 Å². The van der Waals surface area contributed by atoms with E-state index in [9.17, 15) is 0 Å². The number of hydrogen-bond acceptors (Lipinski definition) is 2. The summed E-state index contributed by atoms with van der Waals surface area (Å²) in [5.41, 5.74) is 9.99. The van der Waals surface area contributed by atoms with Crippen molar-refractivity contribution >= 4 is 12.4 Å². The Kier molecular flexibility index (Phi) is 8.05. The number of aryl methyl sites for hydroxylation is 2. The SMILES string of the molecule is CCCOc1cc(C)c(CC(N)CC)c(C)c1.Cl. The lowest BCUT2D eigenvalue weighted by molar-refractivity contribution is 0.317. The van der Waals surface area contributed by atoms with E-state index in [1.807, 2.05) is 0 Å². The zero-order valence-corrected chi connectivity index (χ0v) is 12.8. The molecular formula is C15H26ClNO. The first-order valence-electron chi connectivity index (χ1n) is 6.57. The summed E-state index contributed by atoms with van der Waals surface area (Å²) in [6.45, 7) is 9.32. The lowest BCUT2D eigenvalue weighted by Crippen LogP contribution is -2.22. The van der Waals surface area contributed by atoms with E-state index in [0.29, 0.717) is 0 Å². The van der Waals surface area contributed by atoms with Gasteiger partial charge in [0.1, 0.15) is 5.75 Å². The Labute approximate surface area is 117 Å². The molecule has 0 aliphatic rings. The smallest absolute Gasteiger partial charge is 0.119 e. The summed E-state index contributed by atoms with van der Waals surface area (Å²) in [4.78, 5) is 0. The molecule has 1 rings (SSSR count). The first-order chi connectivity index (χ1) is 8.08. The van der Waals surface area contributed by atoms with E-state index in [2.05, 4.69) is 39.8 Å². The van der Waals surface area contributed by atoms with Crippen LogP contribution in [-0.4, -0.2) is 12.6 Å². The lowest BCUT2D eigenvalue weighted by Gasteiger charge is -2.16. The molecule has 0 spiro atoms. The van der Waals surface area contributed by atoms with Crippen molar-refractivity contribution in [3.8, 4) is 5.75 Å². The predicted molar refractivity (Wildman–Crippen MR) is 80.9 cm³/mol. The van der Waals surface area contributed by atoms with Crippen LogP contribution in [0, 0.1) is 13.8 Å². The fraction of sp³-hybridized carbons (Fsp3) is 0.600. The summed E-state index contributed by atoms with van der Waals surface area (Å²) in [6.07, 6.45) is 3.02. The van der Waals surface area contributed by atoms with Gasteiger partial charge in [-0.2, -0.15) is 0 Å². The molecule has 104 valence electrons. The van der Waals surface area contributed by atoms with E-state index in [0.717, 1.165) is 31.6 Å². The van der Waals surface area contributed by atoms with Crippen LogP contribution in [0.3, 0.4) is 0 Å². The molecule has 1 aromatic rings. The zero-order valence-electron chi connectivity index (χ0n) is 12.0. The topological polar surface area (TPSA) is 35.2 Å². The Morgan fingerprint density at radius 2 is 1.72 bits per heavy atom. The maximum absolute atomic E-state index is 6.03. The summed E-state index contributed by atoms with van der Waals surface area (Å²) in [6, 6.07) is 4.51. The Balaban J connectivity index is 0.00000289. The summed E-state index contributed by atoms with van der Waals surface area (Å²) in [5, 5.41) is 0. The molecule has 0 aliphatic carbocycles. The van der Waals surface area contributed by atoms with Crippen molar-refractivity contribution in [3.05, 3.63) is 28.8 Å². The predicted octanol–water partition coefficient (Wildman–Crippen LogP) is 3.79. The van der Waals surface area contributed by atoms with E-state index in [-0.39, 0.29) is 18.4 Å². The van der Waals surface area contributed by atoms with Crippen molar-refractivity contribution in [2.45, 2.75) is 53.0 Å². The van der Waals surface area contributed by atoms with Crippen molar-refractivity contribution in [2.24, 2.45) is 5.73 Å². The fourth-order valence-electron chi connectivity index (χ4n) is 1.99. The van der Waals surface area contributed by atoms with Crippen LogP contribution in [0.1, 0.15) is 43.4 Å². The van der Waals surface area contributed by atoms with Crippen LogP contribution in [0.4, 0.5) is 0 Å². The molecule has 0 aromatic heterocycles. The second kappa shape index (κ2) is 8.39. The minimum absolute atomic E-state index is 0. The van der Waals surface area contributed by atoms with Crippen LogP contribution in [0.15, 0.2) is 12.1 Å². The maximum Gasteiger partial charge on any atom is 0.119 e. The van der Waals surface area contributed by atoms with Gasteiger partial charge in [0, 0.05) is 6.04 Å². The van der Waals surface area contributed by atoms with Gasteiger partial charge < -0.3 is 10.5 Å². The highest BCUT2D eigenvalue weighted by Gasteiger charge is 2.09. The van der Waals surface area contributed by atoms with Gasteiger partial charge in [0.05, 0.1) is 6.61 Å². The average molecular weight is 272 g/mol. The van der Waals surface area contributed by atoms with Crippen molar-refractivity contribution < 1.29 is 4.74 Å². The summed E-state index contributed by atoms with van der Waals surface area (Å²) in [7, 11) is 0. The highest BCUT2D eigenvalue weighted by atomic mass is 35.5. The molecule has 0 saturated carbocycles. The molecule has 2 nitrogen and oxygen atoms in total. The van der Waals surface area contributed by atoms with Crippen molar-refractivity contribution in [1.29, 1.82) is 0 Å². The normalized spacial score (nSPS) is 11.8. The molecule has 1 aromatic carbocycles. The van der Waals surface area contributed by atoms with Crippen LogP contribution in [0.25, 0.3) is 0 Å². The molecule has 0 radical (unpaired) electrons. The van der Waals surface area contributed by atoms with Crippen molar-refractivity contribution in [1.82, 2.24) is 0 Å². The Morgan fingerprint density at radius 1 is 1.17 bits per heavy atom. The molecule has 0 aliphatic heterocycles. The third kappa shape index (κ3) is 4.87. The molecular weight excluding hydrogens is 246 g/mol. The van der Waals surface area contributed by atoms with Crippen LogP contribution in [-0.2, 0) is 6.42 Å². The standard InChI is InChI=1S/C15H25NO.ClH/c1-5-7-17-14-8-11(3)15(12(4)9-14)10-13(16)6-2;/h8-9,13H,5-7,10,16H2,1-4H3;1H. The largest absolute Gasteiger partial charge is 0.494 e. The Hall–Kier alpha value is -0.730. The van der Waals surface area contributed by atoms with Gasteiger partial charge in [-0.25, -0.2) is 0 Å². The highest BCUT2D eigenvalue weighted by molar-refractivity contribution is 5.85. The molecule has 3 heteroatoms. The molecule has 0 amide bonds. The molecule has 1 atom stereocenters. The van der Waals surface area contributed by atoms with Gasteiger partial charge in [-0.1, -0.05) is 13.8 Å². The quantitative estimate of drug-likeness (QED) is 0.854. The van der Waals surface area contributed by atoms with Gasteiger partial charge >= 0.3 is 0 Å². The molecule has 2 N–H and O–H groups in total. The number of nitrogens with two attached hydrogens (primary N) is 1. The Morgan fingerprint density at radius 3 is 2.17 bits per heavy atom. The first kappa shape index (κ1) is 17.3. The molecule has 0 bridgehead atoms. The van der Waals surface area contributed by atoms with Gasteiger partial charge in [0.25, 0.3) is 0 Å². The number of benzene rings is 1. The fourth-order valence-corrected chi connectivity index (χ4v) is 1.99. The van der Waals surface area contributed by atoms with Gasteiger partial charge in [-0.05, 0) is 61.9 Å². The molecule has 0 heterocycles. The number of rotatable bonds is 6. The third-order valence-corrected chi connectivity index (χ3v) is 3.13. The van der Waals surface area contributed by atoms with Crippen LogP contribution >= 0.6 is 12.4 Å². The average Bonchev–Trinajstić information content (AvgIpc) is 2.30. The van der Waals surface area contributed by atoms with Gasteiger partial charge in [-0.3, -0.25) is 0 Å². The monoisotopic (exact) mass is 271 g/mol. The summed E-state index contributed by atoms with van der Waals surface area (Å²) < 4.78 is 5.67. The lowest BCUT2D eigenvalue weighted by atomic mass is 9.95. The minimum atomic E-state index is 0. The highest BCUT2D eigenvalue weighted by Crippen LogP contribution is 2.23. The zero-order chi connectivity index (χ0) is 12.8. The molecule has 1 unspecified atom stereocenters. The van der Waals surface area contributed by atoms with E-state index < -0.39 is 0 Å². The van der Waals surface area contributed by atoms with E-state index >= 15 is 0 Å². The summed E-state index contributed by atoms with van der Waals surface area (Å²) in [5.74, 6) is 0.982. The molecule has 0 saturated heterocycles. The van der Waals surface area contributed by atoms with Crippen LogP contribution in [0.2, 0.25) is 0 Å². The van der Waals surface area contributed by atoms with E-state index in [1.165, 1.54) is 16.7 Å². The number of ether oxygens (including phenoxy) is 1. The minimum Gasteiger partial charge on any atom is -0.494 e. The molecule has 0 fully saturated rings. The van der Waals surface area contributed by atoms with E-state index in [4.69, 9.17) is 10.5 Å². The number of halogens is 1. The number of hydrogen-bond donors (Lipinski definition) is 1. The van der Waals surface area contributed by atoms with E-state index in [1.54, 1.807) is 0 Å². The second-order valence-corrected chi connectivity index (χ2v) is 4.76.